The molecular formula is C14H24N2OS. The molecule has 0 aromatic carbocycles. The van der Waals surface area contributed by atoms with Crippen LogP contribution in [0.4, 0.5) is 0 Å². The molecule has 1 aromatic rings. The lowest BCUT2D eigenvalue weighted by molar-refractivity contribution is 0.0712. The third-order valence-corrected chi connectivity index (χ3v) is 4.56. The van der Waals surface area contributed by atoms with Gasteiger partial charge >= 0.3 is 0 Å². The van der Waals surface area contributed by atoms with E-state index < -0.39 is 0 Å². The Bertz CT molecular complexity index is 347. The zero-order chi connectivity index (χ0) is 12.8. The summed E-state index contributed by atoms with van der Waals surface area (Å²) in [5, 5.41) is 7.10. The highest BCUT2D eigenvalue weighted by Crippen LogP contribution is 2.17. The van der Waals surface area contributed by atoms with E-state index in [1.807, 2.05) is 11.3 Å². The van der Waals surface area contributed by atoms with Gasteiger partial charge < -0.3 is 15.4 Å². The summed E-state index contributed by atoms with van der Waals surface area (Å²) in [7, 11) is 0. The molecule has 18 heavy (non-hydrogen) atoms. The van der Waals surface area contributed by atoms with Crippen molar-refractivity contribution >= 4 is 11.3 Å². The molecule has 0 amide bonds. The third kappa shape index (κ3) is 4.35. The van der Waals surface area contributed by atoms with E-state index in [1.54, 1.807) is 0 Å². The van der Waals surface area contributed by atoms with Crippen molar-refractivity contribution in [1.82, 2.24) is 10.6 Å². The molecule has 4 heteroatoms. The van der Waals surface area contributed by atoms with E-state index in [0.717, 1.165) is 39.1 Å². The van der Waals surface area contributed by atoms with Gasteiger partial charge in [-0.15, -0.1) is 11.3 Å². The van der Waals surface area contributed by atoms with Crippen LogP contribution in [0.1, 0.15) is 30.0 Å². The lowest BCUT2D eigenvalue weighted by atomic mass is 10.1. The van der Waals surface area contributed by atoms with Crippen molar-refractivity contribution in [2.24, 2.45) is 0 Å². The zero-order valence-corrected chi connectivity index (χ0v) is 12.2. The largest absolute Gasteiger partial charge is 0.379 e. The highest BCUT2D eigenvalue weighted by Gasteiger charge is 2.15. The molecule has 2 heterocycles. The summed E-state index contributed by atoms with van der Waals surface area (Å²) < 4.78 is 5.48. The number of hydrogen-bond donors (Lipinski definition) is 2. The van der Waals surface area contributed by atoms with Crippen molar-refractivity contribution in [2.75, 3.05) is 19.8 Å². The first kappa shape index (κ1) is 14.0. The molecule has 2 unspecified atom stereocenters. The normalized spacial score (nSPS) is 22.0. The molecular weight excluding hydrogens is 244 g/mol. The van der Waals surface area contributed by atoms with E-state index in [9.17, 15) is 0 Å². The summed E-state index contributed by atoms with van der Waals surface area (Å²) in [6.45, 7) is 8.14. The summed E-state index contributed by atoms with van der Waals surface area (Å²) in [6, 6.07) is 5.51. The maximum Gasteiger partial charge on any atom is 0.0620 e. The second-order valence-corrected chi connectivity index (χ2v) is 6.22. The predicted molar refractivity (Wildman–Crippen MR) is 77.2 cm³/mol. The molecule has 102 valence electrons. The fourth-order valence-corrected chi connectivity index (χ4v) is 3.17. The Labute approximate surface area is 114 Å². The van der Waals surface area contributed by atoms with Crippen LogP contribution in [0.5, 0.6) is 0 Å². The van der Waals surface area contributed by atoms with E-state index in [4.69, 9.17) is 4.74 Å². The Hall–Kier alpha value is -0.420. The van der Waals surface area contributed by atoms with Gasteiger partial charge in [0.25, 0.3) is 0 Å². The highest BCUT2D eigenvalue weighted by molar-refractivity contribution is 7.11. The number of thiophene rings is 1. The van der Waals surface area contributed by atoms with Crippen molar-refractivity contribution in [1.29, 1.82) is 0 Å². The number of ether oxygens (including phenoxy) is 1. The van der Waals surface area contributed by atoms with Crippen LogP contribution < -0.4 is 10.6 Å². The van der Waals surface area contributed by atoms with E-state index in [1.165, 1.54) is 9.75 Å². The topological polar surface area (TPSA) is 33.3 Å². The smallest absolute Gasteiger partial charge is 0.0620 e. The van der Waals surface area contributed by atoms with Crippen LogP contribution in [0.3, 0.4) is 0 Å². The second-order valence-electron chi connectivity index (χ2n) is 4.97. The van der Waals surface area contributed by atoms with Gasteiger partial charge in [0.1, 0.15) is 0 Å². The Kier molecular flexibility index (Phi) is 5.63. The summed E-state index contributed by atoms with van der Waals surface area (Å²) in [5.74, 6) is 0. The second kappa shape index (κ2) is 7.24. The number of aryl methyl sites for hydroxylation is 1. The number of rotatable bonds is 6. The first-order chi connectivity index (χ1) is 8.78. The molecule has 0 spiro atoms. The SMILES string of the molecule is CCc1ccc(CNC(C)CC2COCCN2)s1. The Morgan fingerprint density at radius 3 is 3.00 bits per heavy atom. The molecule has 2 N–H and O–H groups in total. The van der Waals surface area contributed by atoms with Crippen LogP contribution in [0, 0.1) is 0 Å². The fraction of sp³-hybridized carbons (Fsp3) is 0.714. The molecule has 2 atom stereocenters. The molecule has 0 bridgehead atoms. The van der Waals surface area contributed by atoms with E-state index in [-0.39, 0.29) is 0 Å². The average molecular weight is 268 g/mol. The van der Waals surface area contributed by atoms with Crippen LogP contribution >= 0.6 is 11.3 Å². The van der Waals surface area contributed by atoms with Crippen LogP contribution in [-0.4, -0.2) is 31.8 Å². The number of hydrogen-bond acceptors (Lipinski definition) is 4. The van der Waals surface area contributed by atoms with Crippen molar-refractivity contribution in [3.05, 3.63) is 21.9 Å². The van der Waals surface area contributed by atoms with Crippen LogP contribution in [0.2, 0.25) is 0 Å². The third-order valence-electron chi connectivity index (χ3n) is 3.33. The van der Waals surface area contributed by atoms with Crippen molar-refractivity contribution in [3.8, 4) is 0 Å². The van der Waals surface area contributed by atoms with Crippen LogP contribution in [0.25, 0.3) is 0 Å². The van der Waals surface area contributed by atoms with Gasteiger partial charge in [-0.2, -0.15) is 0 Å². The monoisotopic (exact) mass is 268 g/mol. The standard InChI is InChI=1S/C14H24N2OS/c1-3-13-4-5-14(18-13)9-16-11(2)8-12-10-17-7-6-15-12/h4-5,11-12,15-16H,3,6-10H2,1-2H3. The van der Waals surface area contributed by atoms with Crippen molar-refractivity contribution in [3.63, 3.8) is 0 Å². The van der Waals surface area contributed by atoms with E-state index in [2.05, 4.69) is 36.6 Å². The minimum absolute atomic E-state index is 0.510. The molecule has 1 aliphatic rings. The molecule has 1 saturated heterocycles. The van der Waals surface area contributed by atoms with Crippen LogP contribution in [0.15, 0.2) is 12.1 Å². The fourth-order valence-electron chi connectivity index (χ4n) is 2.26. The summed E-state index contributed by atoms with van der Waals surface area (Å²) in [4.78, 5) is 2.91. The minimum Gasteiger partial charge on any atom is -0.379 e. The first-order valence-corrected chi connectivity index (χ1v) is 7.71. The zero-order valence-electron chi connectivity index (χ0n) is 11.4. The van der Waals surface area contributed by atoms with Crippen molar-refractivity contribution < 1.29 is 4.74 Å². The minimum atomic E-state index is 0.510. The molecule has 3 nitrogen and oxygen atoms in total. The van der Waals surface area contributed by atoms with Crippen molar-refractivity contribution in [2.45, 2.75) is 45.3 Å². The summed E-state index contributed by atoms with van der Waals surface area (Å²) >= 11 is 1.92. The van der Waals surface area contributed by atoms with Gasteiger partial charge in [0.15, 0.2) is 0 Å². The molecule has 0 radical (unpaired) electrons. The summed E-state index contributed by atoms with van der Waals surface area (Å²) in [6.07, 6.45) is 2.27. The lowest BCUT2D eigenvalue weighted by Gasteiger charge is -2.26. The van der Waals surface area contributed by atoms with Gasteiger partial charge in [0.2, 0.25) is 0 Å². The quantitative estimate of drug-likeness (QED) is 0.829. The molecule has 2 rings (SSSR count). The highest BCUT2D eigenvalue weighted by atomic mass is 32.1. The maximum absolute atomic E-state index is 5.48. The van der Waals surface area contributed by atoms with Crippen LogP contribution in [-0.2, 0) is 17.7 Å². The molecule has 0 aliphatic carbocycles. The molecule has 1 aromatic heterocycles. The molecule has 1 fully saturated rings. The van der Waals surface area contributed by atoms with Gasteiger partial charge in [-0.1, -0.05) is 6.92 Å². The Morgan fingerprint density at radius 1 is 1.50 bits per heavy atom. The average Bonchev–Trinajstić information content (AvgIpc) is 2.85. The summed E-state index contributed by atoms with van der Waals surface area (Å²) in [5.41, 5.74) is 0. The van der Waals surface area contributed by atoms with Gasteiger partial charge in [0.05, 0.1) is 13.2 Å². The van der Waals surface area contributed by atoms with E-state index in [0.29, 0.717) is 12.1 Å². The molecule has 1 aliphatic heterocycles. The number of nitrogens with one attached hydrogen (secondary N) is 2. The lowest BCUT2D eigenvalue weighted by Crippen LogP contribution is -2.44. The van der Waals surface area contributed by atoms with Gasteiger partial charge in [-0.05, 0) is 31.9 Å². The van der Waals surface area contributed by atoms with E-state index >= 15 is 0 Å². The van der Waals surface area contributed by atoms with Gasteiger partial charge in [-0.3, -0.25) is 0 Å². The predicted octanol–water partition coefficient (Wildman–Crippen LogP) is 2.17. The Balaban J connectivity index is 1.68. The first-order valence-electron chi connectivity index (χ1n) is 6.90. The molecule has 0 saturated carbocycles. The number of morpholine rings is 1. The van der Waals surface area contributed by atoms with Gasteiger partial charge in [0, 0.05) is 34.9 Å². The maximum atomic E-state index is 5.48. The Morgan fingerprint density at radius 2 is 2.33 bits per heavy atom. The van der Waals surface area contributed by atoms with Gasteiger partial charge in [-0.25, -0.2) is 0 Å².